The molecule has 1 heterocycles. The number of benzene rings is 1. The van der Waals surface area contributed by atoms with E-state index in [1.165, 1.54) is 25.3 Å². The smallest absolute Gasteiger partial charge is 0.148 e. The highest BCUT2D eigenvalue weighted by molar-refractivity contribution is 5.65. The maximum atomic E-state index is 13.1. The van der Waals surface area contributed by atoms with Crippen molar-refractivity contribution in [1.29, 1.82) is 0 Å². The predicted molar refractivity (Wildman–Crippen MR) is 59.9 cm³/mol. The van der Waals surface area contributed by atoms with E-state index in [9.17, 15) is 4.39 Å². The van der Waals surface area contributed by atoms with Crippen molar-refractivity contribution >= 4 is 11.4 Å². The number of piperidine rings is 1. The average molecular weight is 209 g/mol. The van der Waals surface area contributed by atoms with E-state index in [0.717, 1.165) is 13.1 Å². The number of hydrogen-bond donors (Lipinski definition) is 2. The van der Waals surface area contributed by atoms with E-state index in [1.54, 1.807) is 12.1 Å². The quantitative estimate of drug-likeness (QED) is 0.734. The summed E-state index contributed by atoms with van der Waals surface area (Å²) < 4.78 is 13.1. The minimum atomic E-state index is -0.364. The Bertz CT molecular complexity index is 335. The topological polar surface area (TPSA) is 41.3 Å². The molecular formula is C11H16FN3. The first kappa shape index (κ1) is 10.2. The lowest BCUT2D eigenvalue weighted by atomic mass is 10.2. The summed E-state index contributed by atoms with van der Waals surface area (Å²) in [5.41, 5.74) is 9.65. The van der Waals surface area contributed by atoms with E-state index in [1.807, 2.05) is 0 Å². The van der Waals surface area contributed by atoms with Crippen LogP contribution in [0.3, 0.4) is 0 Å². The highest BCUT2D eigenvalue weighted by atomic mass is 19.1. The molecule has 1 fully saturated rings. The second kappa shape index (κ2) is 4.49. The molecule has 0 unspecified atom stereocenters. The molecule has 0 bridgehead atoms. The molecule has 1 saturated heterocycles. The summed E-state index contributed by atoms with van der Waals surface area (Å²) in [7, 11) is 0. The van der Waals surface area contributed by atoms with Gasteiger partial charge in [0.15, 0.2) is 0 Å². The van der Waals surface area contributed by atoms with Gasteiger partial charge in [0.25, 0.3) is 0 Å². The minimum absolute atomic E-state index is 0.197. The lowest BCUT2D eigenvalue weighted by Crippen LogP contribution is -2.35. The lowest BCUT2D eigenvalue weighted by molar-refractivity contribution is 0.273. The summed E-state index contributed by atoms with van der Waals surface area (Å²) >= 11 is 0. The van der Waals surface area contributed by atoms with Gasteiger partial charge in [-0.05, 0) is 25.0 Å². The van der Waals surface area contributed by atoms with Crippen molar-refractivity contribution in [2.24, 2.45) is 0 Å². The Balaban J connectivity index is 2.06. The van der Waals surface area contributed by atoms with Crippen molar-refractivity contribution in [3.63, 3.8) is 0 Å². The normalized spacial score (nSPS) is 17.7. The Morgan fingerprint density at radius 1 is 1.20 bits per heavy atom. The highest BCUT2D eigenvalue weighted by Gasteiger charge is 2.11. The van der Waals surface area contributed by atoms with Gasteiger partial charge >= 0.3 is 0 Å². The van der Waals surface area contributed by atoms with Gasteiger partial charge in [-0.25, -0.2) is 9.40 Å². The molecule has 1 aliphatic heterocycles. The third-order valence-corrected chi connectivity index (χ3v) is 2.69. The number of anilines is 2. The minimum Gasteiger partial charge on any atom is -0.395 e. The summed E-state index contributed by atoms with van der Waals surface area (Å²) in [6.45, 7) is 1.99. The maximum Gasteiger partial charge on any atom is 0.148 e. The van der Waals surface area contributed by atoms with Crippen LogP contribution in [0.2, 0.25) is 0 Å². The van der Waals surface area contributed by atoms with E-state index >= 15 is 0 Å². The van der Waals surface area contributed by atoms with Crippen LogP contribution >= 0.6 is 0 Å². The van der Waals surface area contributed by atoms with Crippen LogP contribution in [0.1, 0.15) is 19.3 Å². The van der Waals surface area contributed by atoms with Gasteiger partial charge in [-0.15, -0.1) is 0 Å². The fourth-order valence-electron chi connectivity index (χ4n) is 1.81. The number of nitrogens with one attached hydrogen (secondary N) is 1. The third-order valence-electron chi connectivity index (χ3n) is 2.69. The van der Waals surface area contributed by atoms with Gasteiger partial charge in [0, 0.05) is 13.1 Å². The number of nitrogens with two attached hydrogens (primary N) is 1. The van der Waals surface area contributed by atoms with Crippen molar-refractivity contribution in [2.75, 3.05) is 24.2 Å². The Morgan fingerprint density at radius 2 is 1.93 bits per heavy atom. The molecule has 0 radical (unpaired) electrons. The molecule has 2 rings (SSSR count). The molecule has 0 atom stereocenters. The molecule has 15 heavy (non-hydrogen) atoms. The summed E-state index contributed by atoms with van der Waals surface area (Å²) in [5, 5.41) is 2.09. The fraction of sp³-hybridized carbons (Fsp3) is 0.455. The highest BCUT2D eigenvalue weighted by Crippen LogP contribution is 2.22. The van der Waals surface area contributed by atoms with Crippen LogP contribution in [-0.2, 0) is 0 Å². The molecule has 1 aliphatic rings. The first-order chi connectivity index (χ1) is 7.27. The van der Waals surface area contributed by atoms with Crippen molar-refractivity contribution in [3.8, 4) is 0 Å². The lowest BCUT2D eigenvalue weighted by Gasteiger charge is -2.28. The number of nitrogen functional groups attached to an aromatic ring is 1. The van der Waals surface area contributed by atoms with E-state index in [0.29, 0.717) is 5.69 Å². The van der Waals surface area contributed by atoms with Crippen molar-refractivity contribution in [3.05, 3.63) is 24.0 Å². The van der Waals surface area contributed by atoms with E-state index in [2.05, 4.69) is 10.4 Å². The van der Waals surface area contributed by atoms with Crippen LogP contribution in [-0.4, -0.2) is 18.1 Å². The Labute approximate surface area is 89.0 Å². The van der Waals surface area contributed by atoms with E-state index in [-0.39, 0.29) is 11.5 Å². The average Bonchev–Trinajstić information content (AvgIpc) is 2.26. The number of rotatable bonds is 2. The van der Waals surface area contributed by atoms with E-state index < -0.39 is 0 Å². The van der Waals surface area contributed by atoms with Gasteiger partial charge in [-0.1, -0.05) is 12.5 Å². The molecular weight excluding hydrogens is 193 g/mol. The molecule has 0 spiro atoms. The number of halogens is 1. The van der Waals surface area contributed by atoms with Gasteiger partial charge in [-0.2, -0.15) is 0 Å². The molecule has 0 amide bonds. The van der Waals surface area contributed by atoms with Crippen LogP contribution in [0.4, 0.5) is 15.8 Å². The van der Waals surface area contributed by atoms with Crippen molar-refractivity contribution in [1.82, 2.24) is 5.01 Å². The molecule has 1 aromatic rings. The summed E-state index contributed by atoms with van der Waals surface area (Å²) in [4.78, 5) is 0. The standard InChI is InChI=1S/C11H16FN3/c12-9-5-4-6-10(11(9)13)14-15-7-2-1-3-8-15/h4-6,14H,1-3,7-8,13H2. The van der Waals surface area contributed by atoms with Crippen LogP contribution in [0, 0.1) is 5.82 Å². The van der Waals surface area contributed by atoms with Crippen molar-refractivity contribution in [2.45, 2.75) is 19.3 Å². The molecule has 0 aromatic heterocycles. The maximum absolute atomic E-state index is 13.1. The Kier molecular flexibility index (Phi) is 3.06. The molecule has 0 aliphatic carbocycles. The monoisotopic (exact) mass is 209 g/mol. The van der Waals surface area contributed by atoms with Crippen LogP contribution in [0.25, 0.3) is 0 Å². The second-order valence-corrected chi connectivity index (χ2v) is 3.86. The zero-order valence-corrected chi connectivity index (χ0v) is 8.67. The number of hydrogen-bond acceptors (Lipinski definition) is 3. The van der Waals surface area contributed by atoms with Gasteiger partial charge in [0.1, 0.15) is 5.82 Å². The van der Waals surface area contributed by atoms with Gasteiger partial charge < -0.3 is 11.2 Å². The summed E-state index contributed by atoms with van der Waals surface area (Å²) in [5.74, 6) is -0.364. The van der Waals surface area contributed by atoms with Crippen molar-refractivity contribution < 1.29 is 4.39 Å². The summed E-state index contributed by atoms with van der Waals surface area (Å²) in [6, 6.07) is 4.84. The van der Waals surface area contributed by atoms with E-state index in [4.69, 9.17) is 5.73 Å². The van der Waals surface area contributed by atoms with Crippen LogP contribution < -0.4 is 11.2 Å². The second-order valence-electron chi connectivity index (χ2n) is 3.86. The number of nitrogens with zero attached hydrogens (tertiary/aromatic N) is 1. The largest absolute Gasteiger partial charge is 0.395 e. The van der Waals surface area contributed by atoms with Gasteiger partial charge in [0.05, 0.1) is 11.4 Å². The molecule has 3 N–H and O–H groups in total. The fourth-order valence-corrected chi connectivity index (χ4v) is 1.81. The molecule has 1 aromatic carbocycles. The zero-order chi connectivity index (χ0) is 10.7. The van der Waals surface area contributed by atoms with Crippen LogP contribution in [0.5, 0.6) is 0 Å². The molecule has 4 heteroatoms. The van der Waals surface area contributed by atoms with Gasteiger partial charge in [0.2, 0.25) is 0 Å². The molecule has 82 valence electrons. The van der Waals surface area contributed by atoms with Gasteiger partial charge in [-0.3, -0.25) is 0 Å². The summed E-state index contributed by atoms with van der Waals surface area (Å²) in [6.07, 6.45) is 3.64. The third kappa shape index (κ3) is 2.39. The number of hydrazine groups is 1. The predicted octanol–water partition coefficient (Wildman–Crippen LogP) is 2.22. The Morgan fingerprint density at radius 3 is 2.67 bits per heavy atom. The first-order valence-corrected chi connectivity index (χ1v) is 5.33. The first-order valence-electron chi connectivity index (χ1n) is 5.33. The Hall–Kier alpha value is -1.29. The zero-order valence-electron chi connectivity index (χ0n) is 8.67. The van der Waals surface area contributed by atoms with Crippen LogP contribution in [0.15, 0.2) is 18.2 Å². The molecule has 3 nitrogen and oxygen atoms in total. The SMILES string of the molecule is Nc1c(F)cccc1NN1CCCCC1. The number of para-hydroxylation sites is 1. The molecule has 0 saturated carbocycles.